The van der Waals surface area contributed by atoms with E-state index >= 15 is 0 Å². The second kappa shape index (κ2) is 4.44. The van der Waals surface area contributed by atoms with E-state index in [2.05, 4.69) is 43.2 Å². The average molecular weight is 306 g/mol. The van der Waals surface area contributed by atoms with Crippen LogP contribution in [0.2, 0.25) is 5.02 Å². The predicted octanol–water partition coefficient (Wildman–Crippen LogP) is 3.26. The summed E-state index contributed by atoms with van der Waals surface area (Å²) in [6.07, 6.45) is 0. The number of halogens is 1. The molecule has 6 heteroatoms. The van der Waals surface area contributed by atoms with Crippen molar-refractivity contribution in [3.05, 3.63) is 23.2 Å². The van der Waals surface area contributed by atoms with E-state index in [1.54, 1.807) is 6.07 Å². The number of hydrogen-bond acceptors (Lipinski definition) is 4. The number of tetrazole rings is 1. The van der Waals surface area contributed by atoms with Gasteiger partial charge >= 0.3 is 0 Å². The Hall–Kier alpha value is -1.62. The highest BCUT2D eigenvalue weighted by Crippen LogP contribution is 2.68. The first kappa shape index (κ1) is 14.3. The molecule has 0 saturated heterocycles. The van der Waals surface area contributed by atoms with Crippen LogP contribution in [0.5, 0.6) is 0 Å². The molecule has 0 bridgehead atoms. The van der Waals surface area contributed by atoms with Gasteiger partial charge in [-0.2, -0.15) is 0 Å². The van der Waals surface area contributed by atoms with Gasteiger partial charge in [-0.1, -0.05) is 45.4 Å². The molecule has 3 rings (SSSR count). The van der Waals surface area contributed by atoms with Crippen molar-refractivity contribution < 1.29 is 0 Å². The molecule has 1 aliphatic rings. The molecule has 1 saturated carbocycles. The number of benzene rings is 1. The molecular formula is C15H20ClN5. The number of nitrogen functional groups attached to an aromatic ring is 1. The monoisotopic (exact) mass is 305 g/mol. The maximum absolute atomic E-state index is 6.29. The molecule has 1 aromatic carbocycles. The predicted molar refractivity (Wildman–Crippen MR) is 83.7 cm³/mol. The second-order valence-corrected chi connectivity index (χ2v) is 7.27. The number of nitrogens with zero attached hydrogens (tertiary/aromatic N) is 4. The van der Waals surface area contributed by atoms with Gasteiger partial charge in [0.2, 0.25) is 0 Å². The molecule has 2 aromatic rings. The zero-order valence-electron chi connectivity index (χ0n) is 12.8. The van der Waals surface area contributed by atoms with E-state index in [0.29, 0.717) is 22.5 Å². The van der Waals surface area contributed by atoms with Gasteiger partial charge < -0.3 is 5.73 Å². The van der Waals surface area contributed by atoms with Crippen LogP contribution in [-0.2, 0) is 6.54 Å². The highest BCUT2D eigenvalue weighted by Gasteiger charge is 2.64. The van der Waals surface area contributed by atoms with Crippen LogP contribution in [0.15, 0.2) is 18.2 Å². The quantitative estimate of drug-likeness (QED) is 0.884. The van der Waals surface area contributed by atoms with Gasteiger partial charge in [-0.25, -0.2) is 4.68 Å². The molecule has 1 heterocycles. The first-order chi connectivity index (χ1) is 9.76. The number of anilines is 1. The lowest BCUT2D eigenvalue weighted by molar-refractivity contribution is 0.457. The van der Waals surface area contributed by atoms with Gasteiger partial charge in [0.05, 0.1) is 10.7 Å². The Kier molecular flexibility index (Phi) is 3.03. The van der Waals surface area contributed by atoms with Crippen molar-refractivity contribution in [3.8, 4) is 11.4 Å². The average Bonchev–Trinajstić information content (AvgIpc) is 2.77. The number of hydrogen-bond donors (Lipinski definition) is 1. The van der Waals surface area contributed by atoms with Gasteiger partial charge in [-0.15, -0.1) is 5.10 Å². The van der Waals surface area contributed by atoms with E-state index < -0.39 is 0 Å². The minimum absolute atomic E-state index is 0.287. The summed E-state index contributed by atoms with van der Waals surface area (Å²) in [6.45, 7) is 9.93. The van der Waals surface area contributed by atoms with Crippen LogP contribution in [-0.4, -0.2) is 20.2 Å². The third-order valence-corrected chi connectivity index (χ3v) is 5.90. The molecule has 1 aliphatic carbocycles. The van der Waals surface area contributed by atoms with Crippen LogP contribution in [0.1, 0.15) is 27.7 Å². The minimum Gasteiger partial charge on any atom is -0.398 e. The molecule has 112 valence electrons. The minimum atomic E-state index is 0.287. The molecule has 0 atom stereocenters. The zero-order chi connectivity index (χ0) is 15.4. The van der Waals surface area contributed by atoms with Crippen molar-refractivity contribution in [2.75, 3.05) is 5.73 Å². The van der Waals surface area contributed by atoms with Gasteiger partial charge in [-0.3, -0.25) is 0 Å². The maximum Gasteiger partial charge on any atom is 0.183 e. The van der Waals surface area contributed by atoms with Gasteiger partial charge in [0.25, 0.3) is 0 Å². The largest absolute Gasteiger partial charge is 0.398 e. The first-order valence-electron chi connectivity index (χ1n) is 7.07. The summed E-state index contributed by atoms with van der Waals surface area (Å²) in [5.41, 5.74) is 7.76. The lowest BCUT2D eigenvalue weighted by atomic mass is 10.0. The Morgan fingerprint density at radius 2 is 1.90 bits per heavy atom. The summed E-state index contributed by atoms with van der Waals surface area (Å²) in [5.74, 6) is 1.21. The van der Waals surface area contributed by atoms with Crippen LogP contribution < -0.4 is 5.73 Å². The molecule has 1 aromatic heterocycles. The summed E-state index contributed by atoms with van der Waals surface area (Å²) in [5, 5.41) is 12.6. The molecule has 0 radical (unpaired) electrons. The standard InChI is InChI=1S/C15H20ClN5/c1-14(2)11(15(14,3)4)8-21-13(18-19-20-21)9-6-5-7-10(17)12(9)16/h5-7,11H,8,17H2,1-4H3. The van der Waals surface area contributed by atoms with Crippen molar-refractivity contribution >= 4 is 17.3 Å². The van der Waals surface area contributed by atoms with Gasteiger partial charge in [0.15, 0.2) is 5.82 Å². The van der Waals surface area contributed by atoms with Crippen molar-refractivity contribution in [3.63, 3.8) is 0 Å². The van der Waals surface area contributed by atoms with Crippen LogP contribution in [0.25, 0.3) is 11.4 Å². The number of aromatic nitrogens is 4. The molecular weight excluding hydrogens is 286 g/mol. The Balaban J connectivity index is 1.94. The molecule has 2 N–H and O–H groups in total. The highest BCUT2D eigenvalue weighted by molar-refractivity contribution is 6.35. The van der Waals surface area contributed by atoms with Crippen LogP contribution in [0.3, 0.4) is 0 Å². The lowest BCUT2D eigenvalue weighted by Gasteiger charge is -2.08. The third kappa shape index (κ3) is 2.02. The Morgan fingerprint density at radius 1 is 1.24 bits per heavy atom. The number of nitrogens with two attached hydrogens (primary N) is 1. The topological polar surface area (TPSA) is 69.6 Å². The Morgan fingerprint density at radius 3 is 2.52 bits per heavy atom. The van der Waals surface area contributed by atoms with Crippen molar-refractivity contribution in [1.29, 1.82) is 0 Å². The molecule has 0 spiro atoms. The summed E-state index contributed by atoms with van der Waals surface area (Å²) >= 11 is 6.29. The second-order valence-electron chi connectivity index (χ2n) is 6.89. The molecule has 0 unspecified atom stereocenters. The molecule has 21 heavy (non-hydrogen) atoms. The van der Waals surface area contributed by atoms with E-state index in [-0.39, 0.29) is 10.8 Å². The lowest BCUT2D eigenvalue weighted by Crippen LogP contribution is -2.08. The van der Waals surface area contributed by atoms with Crippen molar-refractivity contribution in [1.82, 2.24) is 20.2 Å². The van der Waals surface area contributed by atoms with E-state index in [4.69, 9.17) is 17.3 Å². The van der Waals surface area contributed by atoms with Crippen LogP contribution in [0, 0.1) is 16.7 Å². The van der Waals surface area contributed by atoms with E-state index in [1.807, 2.05) is 16.8 Å². The summed E-state index contributed by atoms with van der Waals surface area (Å²) in [4.78, 5) is 0. The fourth-order valence-electron chi connectivity index (χ4n) is 3.21. The maximum atomic E-state index is 6.29. The highest BCUT2D eigenvalue weighted by atomic mass is 35.5. The number of rotatable bonds is 3. The van der Waals surface area contributed by atoms with Gasteiger partial charge in [0.1, 0.15) is 0 Å². The molecule has 5 nitrogen and oxygen atoms in total. The zero-order valence-corrected chi connectivity index (χ0v) is 13.5. The van der Waals surface area contributed by atoms with Crippen molar-refractivity contribution in [2.24, 2.45) is 16.7 Å². The van der Waals surface area contributed by atoms with Crippen molar-refractivity contribution in [2.45, 2.75) is 34.2 Å². The fourth-order valence-corrected chi connectivity index (χ4v) is 3.42. The van der Waals surface area contributed by atoms with Gasteiger partial charge in [0, 0.05) is 12.1 Å². The smallest absolute Gasteiger partial charge is 0.183 e. The van der Waals surface area contributed by atoms with E-state index in [9.17, 15) is 0 Å². The summed E-state index contributed by atoms with van der Waals surface area (Å²) in [7, 11) is 0. The van der Waals surface area contributed by atoms with Crippen LogP contribution >= 0.6 is 11.6 Å². The summed E-state index contributed by atoms with van der Waals surface area (Å²) < 4.78 is 1.84. The first-order valence-corrected chi connectivity index (χ1v) is 7.45. The van der Waals surface area contributed by atoms with E-state index in [0.717, 1.165) is 12.1 Å². The normalized spacial score (nSPS) is 19.7. The molecule has 1 fully saturated rings. The van der Waals surface area contributed by atoms with E-state index in [1.165, 1.54) is 0 Å². The van der Waals surface area contributed by atoms with Crippen LogP contribution in [0.4, 0.5) is 5.69 Å². The Labute approximate surface area is 129 Å². The summed E-state index contributed by atoms with van der Waals surface area (Å²) in [6, 6.07) is 5.53. The third-order valence-electron chi connectivity index (χ3n) is 5.48. The SMILES string of the molecule is CC1(C)C(Cn2nnnc2-c2cccc(N)c2Cl)C1(C)C. The Bertz CT molecular complexity index is 675. The molecule has 0 aliphatic heterocycles. The fraction of sp³-hybridized carbons (Fsp3) is 0.533. The molecule has 0 amide bonds. The van der Waals surface area contributed by atoms with Gasteiger partial charge in [-0.05, 0) is 39.3 Å².